The summed E-state index contributed by atoms with van der Waals surface area (Å²) in [6, 6.07) is 11.5. The van der Waals surface area contributed by atoms with Gasteiger partial charge >= 0.3 is 0 Å². The monoisotopic (exact) mass is 296 g/mol. The molecule has 1 atom stereocenters. The van der Waals surface area contributed by atoms with Crippen LogP contribution in [0, 0.1) is 6.92 Å². The highest BCUT2D eigenvalue weighted by molar-refractivity contribution is 6.00. The van der Waals surface area contributed by atoms with Gasteiger partial charge in [0.25, 0.3) is 0 Å². The molecule has 1 aromatic heterocycles. The first-order chi connectivity index (χ1) is 10.7. The Labute approximate surface area is 128 Å². The molecule has 0 radical (unpaired) electrons. The first-order valence-corrected chi connectivity index (χ1v) is 7.37. The predicted molar refractivity (Wildman–Crippen MR) is 81.5 cm³/mol. The number of fused-ring (bicyclic) bond motifs is 2. The smallest absolute Gasteiger partial charge is 0.238 e. The molecule has 0 N–H and O–H groups in total. The lowest BCUT2D eigenvalue weighted by Gasteiger charge is -2.30. The van der Waals surface area contributed by atoms with Crippen LogP contribution in [0.25, 0.3) is 0 Å². The standard InChI is InChI=1S/C17H16N2O3/c1-11-6-7-14-16(18-11)21-9-8-19(14)17(20)13-10-22-15-5-3-2-4-12(13)15/h2-7,13H,8-10H2,1H3. The Morgan fingerprint density at radius 2 is 2.09 bits per heavy atom. The van der Waals surface area contributed by atoms with Crippen molar-refractivity contribution in [3.8, 4) is 11.6 Å². The number of aromatic nitrogens is 1. The summed E-state index contributed by atoms with van der Waals surface area (Å²) in [4.78, 5) is 19.1. The quantitative estimate of drug-likeness (QED) is 0.810. The molecule has 2 aliphatic rings. The zero-order chi connectivity index (χ0) is 15.1. The molecule has 0 spiro atoms. The Morgan fingerprint density at radius 1 is 1.23 bits per heavy atom. The number of hydrogen-bond donors (Lipinski definition) is 0. The molecule has 1 unspecified atom stereocenters. The van der Waals surface area contributed by atoms with E-state index in [9.17, 15) is 4.79 Å². The third-order valence-electron chi connectivity index (χ3n) is 4.09. The molecule has 3 heterocycles. The van der Waals surface area contributed by atoms with Gasteiger partial charge in [-0.2, -0.15) is 0 Å². The highest BCUT2D eigenvalue weighted by Crippen LogP contribution is 2.37. The van der Waals surface area contributed by atoms with Gasteiger partial charge in [0.15, 0.2) is 0 Å². The van der Waals surface area contributed by atoms with Crippen molar-refractivity contribution >= 4 is 11.6 Å². The van der Waals surface area contributed by atoms with Crippen LogP contribution in [-0.4, -0.2) is 30.6 Å². The van der Waals surface area contributed by atoms with Crippen LogP contribution in [0.4, 0.5) is 5.69 Å². The van der Waals surface area contributed by atoms with E-state index in [-0.39, 0.29) is 11.8 Å². The number of aryl methyl sites for hydroxylation is 1. The number of nitrogens with zero attached hydrogens (tertiary/aromatic N) is 2. The molecular formula is C17H16N2O3. The first kappa shape index (κ1) is 13.1. The SMILES string of the molecule is Cc1ccc2c(n1)OCCN2C(=O)C1COc2ccccc21. The van der Waals surface area contributed by atoms with Crippen molar-refractivity contribution in [3.63, 3.8) is 0 Å². The molecule has 5 heteroatoms. The molecule has 1 amide bonds. The third kappa shape index (κ3) is 2.01. The normalized spacial score (nSPS) is 19.0. The molecular weight excluding hydrogens is 280 g/mol. The number of amides is 1. The van der Waals surface area contributed by atoms with Gasteiger partial charge in [0, 0.05) is 11.3 Å². The minimum Gasteiger partial charge on any atom is -0.492 e. The number of pyridine rings is 1. The number of anilines is 1. The summed E-state index contributed by atoms with van der Waals surface area (Å²) >= 11 is 0. The Bertz CT molecular complexity index is 744. The van der Waals surface area contributed by atoms with Crippen LogP contribution in [-0.2, 0) is 4.79 Å². The van der Waals surface area contributed by atoms with Gasteiger partial charge < -0.3 is 14.4 Å². The van der Waals surface area contributed by atoms with Gasteiger partial charge in [-0.25, -0.2) is 4.98 Å². The minimum atomic E-state index is -0.261. The second-order valence-electron chi connectivity index (χ2n) is 5.52. The lowest BCUT2D eigenvalue weighted by Crippen LogP contribution is -2.41. The highest BCUT2D eigenvalue weighted by atomic mass is 16.5. The summed E-state index contributed by atoms with van der Waals surface area (Å²) in [6.07, 6.45) is 0. The van der Waals surface area contributed by atoms with E-state index in [1.54, 1.807) is 4.90 Å². The number of ether oxygens (including phenoxy) is 2. The van der Waals surface area contributed by atoms with Gasteiger partial charge in [-0.15, -0.1) is 0 Å². The van der Waals surface area contributed by atoms with Crippen molar-refractivity contribution in [2.45, 2.75) is 12.8 Å². The Balaban J connectivity index is 1.68. The van der Waals surface area contributed by atoms with E-state index in [0.717, 1.165) is 22.7 Å². The van der Waals surface area contributed by atoms with E-state index < -0.39 is 0 Å². The molecule has 0 saturated carbocycles. The topological polar surface area (TPSA) is 51.7 Å². The number of hydrogen-bond acceptors (Lipinski definition) is 4. The molecule has 1 aromatic carbocycles. The molecule has 0 fully saturated rings. The number of carbonyl (C=O) groups excluding carboxylic acids is 1. The van der Waals surface area contributed by atoms with Crippen LogP contribution in [0.15, 0.2) is 36.4 Å². The summed E-state index contributed by atoms with van der Waals surface area (Å²) in [5.41, 5.74) is 2.58. The second kappa shape index (κ2) is 5.02. The summed E-state index contributed by atoms with van der Waals surface area (Å²) in [6.45, 7) is 3.30. The fourth-order valence-electron chi connectivity index (χ4n) is 2.98. The van der Waals surface area contributed by atoms with Crippen LogP contribution in [0.1, 0.15) is 17.2 Å². The van der Waals surface area contributed by atoms with Gasteiger partial charge in [-0.3, -0.25) is 4.79 Å². The van der Waals surface area contributed by atoms with E-state index >= 15 is 0 Å². The van der Waals surface area contributed by atoms with Crippen LogP contribution in [0.3, 0.4) is 0 Å². The molecule has 0 aliphatic carbocycles. The van der Waals surface area contributed by atoms with E-state index in [2.05, 4.69) is 4.98 Å². The molecule has 2 aliphatic heterocycles. The molecule has 2 aromatic rings. The van der Waals surface area contributed by atoms with Crippen LogP contribution < -0.4 is 14.4 Å². The van der Waals surface area contributed by atoms with Crippen molar-refractivity contribution in [1.29, 1.82) is 0 Å². The van der Waals surface area contributed by atoms with E-state index in [0.29, 0.717) is 25.6 Å². The van der Waals surface area contributed by atoms with Gasteiger partial charge in [-0.05, 0) is 25.1 Å². The third-order valence-corrected chi connectivity index (χ3v) is 4.09. The average molecular weight is 296 g/mol. The number of benzene rings is 1. The fraction of sp³-hybridized carbons (Fsp3) is 0.294. The summed E-state index contributed by atoms with van der Waals surface area (Å²) in [5.74, 6) is 1.12. The first-order valence-electron chi connectivity index (χ1n) is 7.37. The Hall–Kier alpha value is -2.56. The summed E-state index contributed by atoms with van der Waals surface area (Å²) in [5, 5.41) is 0. The van der Waals surface area contributed by atoms with Crippen LogP contribution in [0.5, 0.6) is 11.6 Å². The van der Waals surface area contributed by atoms with Gasteiger partial charge in [0.05, 0.1) is 6.54 Å². The maximum atomic E-state index is 13.0. The molecule has 0 bridgehead atoms. The maximum Gasteiger partial charge on any atom is 0.238 e. The zero-order valence-electron chi connectivity index (χ0n) is 12.3. The molecule has 4 rings (SSSR count). The van der Waals surface area contributed by atoms with Crippen molar-refractivity contribution in [3.05, 3.63) is 47.7 Å². The van der Waals surface area contributed by atoms with Crippen molar-refractivity contribution in [2.24, 2.45) is 0 Å². The largest absolute Gasteiger partial charge is 0.492 e. The van der Waals surface area contributed by atoms with E-state index in [1.807, 2.05) is 43.3 Å². The minimum absolute atomic E-state index is 0.0418. The van der Waals surface area contributed by atoms with Crippen LogP contribution in [0.2, 0.25) is 0 Å². The zero-order valence-corrected chi connectivity index (χ0v) is 12.3. The van der Waals surface area contributed by atoms with Gasteiger partial charge in [-0.1, -0.05) is 18.2 Å². The van der Waals surface area contributed by atoms with Gasteiger partial charge in [0.2, 0.25) is 11.8 Å². The van der Waals surface area contributed by atoms with Gasteiger partial charge in [0.1, 0.15) is 30.6 Å². The molecule has 0 saturated heterocycles. The van der Waals surface area contributed by atoms with Crippen molar-refractivity contribution in [2.75, 3.05) is 24.7 Å². The lowest BCUT2D eigenvalue weighted by atomic mass is 9.99. The fourth-order valence-corrected chi connectivity index (χ4v) is 2.98. The molecule has 5 nitrogen and oxygen atoms in total. The van der Waals surface area contributed by atoms with Crippen molar-refractivity contribution < 1.29 is 14.3 Å². The van der Waals surface area contributed by atoms with E-state index in [4.69, 9.17) is 9.47 Å². The number of carbonyl (C=O) groups is 1. The lowest BCUT2D eigenvalue weighted by molar-refractivity contribution is -0.120. The van der Waals surface area contributed by atoms with Crippen molar-refractivity contribution in [1.82, 2.24) is 4.98 Å². The van der Waals surface area contributed by atoms with E-state index in [1.165, 1.54) is 0 Å². The molecule has 112 valence electrons. The second-order valence-corrected chi connectivity index (χ2v) is 5.52. The Kier molecular flexibility index (Phi) is 2.99. The Morgan fingerprint density at radius 3 is 3.00 bits per heavy atom. The maximum absolute atomic E-state index is 13.0. The number of rotatable bonds is 1. The summed E-state index contributed by atoms with van der Waals surface area (Å²) in [7, 11) is 0. The predicted octanol–water partition coefficient (Wildman–Crippen LogP) is 2.29. The average Bonchev–Trinajstić information content (AvgIpc) is 2.97. The van der Waals surface area contributed by atoms with Crippen LogP contribution >= 0.6 is 0 Å². The number of para-hydroxylation sites is 1. The summed E-state index contributed by atoms with van der Waals surface area (Å²) < 4.78 is 11.2. The highest BCUT2D eigenvalue weighted by Gasteiger charge is 2.36. The molecule has 22 heavy (non-hydrogen) atoms.